The number of carboxylic acid groups (broad SMARTS) is 1. The zero-order chi connectivity index (χ0) is 37.0. The van der Waals surface area contributed by atoms with Crippen LogP contribution in [0, 0.1) is 12.8 Å². The van der Waals surface area contributed by atoms with Gasteiger partial charge in [-0.1, -0.05) is 90.5 Å². The molecule has 52 heavy (non-hydrogen) atoms. The molecule has 12 nitrogen and oxygen atoms in total. The summed E-state index contributed by atoms with van der Waals surface area (Å²) in [6, 6.07) is 25.4. The summed E-state index contributed by atoms with van der Waals surface area (Å²) in [5.41, 5.74) is 2.25. The number of hydrogen-bond acceptors (Lipinski definition) is 8. The molecule has 6 rings (SSSR count). The minimum absolute atomic E-state index is 0.0628. The highest BCUT2D eigenvalue weighted by Gasteiger charge is 2.53. The number of benzene rings is 4. The fourth-order valence-electron chi connectivity index (χ4n) is 6.98. The molecule has 0 spiro atoms. The number of morpholine rings is 1. The standard InChI is InChI=1S/C39H43N3O9S/c1-25-15-17-31(18-16-25)52(48,49)42-26(2)36(28-10-4-3-5-11-28)51-38(42)35(44)34(39(46)47)40-37(45)30(24-33(43)41-19-21-50-22-20-41)23-29-13-8-12-27-9-6-7-14-32(27)29/h3-18,26,30,34-36,38,44H,19-24H2,1-2H3,(H,40,45)(H,46,47)/t26-,30+,34+,35-,36-,38-/m0/s1. The number of rotatable bonds is 12. The molecular weight excluding hydrogens is 687 g/mol. The Morgan fingerprint density at radius 1 is 0.904 bits per heavy atom. The van der Waals surface area contributed by atoms with E-state index in [4.69, 9.17) is 9.47 Å². The third kappa shape index (κ3) is 7.88. The van der Waals surface area contributed by atoms with Gasteiger partial charge in [0.1, 0.15) is 12.2 Å². The van der Waals surface area contributed by atoms with Gasteiger partial charge in [0, 0.05) is 19.5 Å². The van der Waals surface area contributed by atoms with Crippen molar-refractivity contribution in [1.29, 1.82) is 0 Å². The predicted octanol–water partition coefficient (Wildman–Crippen LogP) is 3.66. The molecule has 0 aliphatic carbocycles. The lowest BCUT2D eigenvalue weighted by Gasteiger charge is -2.32. The minimum atomic E-state index is -4.35. The number of aliphatic hydroxyl groups excluding tert-OH is 1. The maximum Gasteiger partial charge on any atom is 0.329 e. The van der Waals surface area contributed by atoms with Gasteiger partial charge in [-0.25, -0.2) is 13.2 Å². The van der Waals surface area contributed by atoms with Crippen molar-refractivity contribution in [3.63, 3.8) is 0 Å². The third-order valence-electron chi connectivity index (χ3n) is 9.80. The van der Waals surface area contributed by atoms with Crippen LogP contribution in [-0.4, -0.2) is 96.3 Å². The second-order valence-corrected chi connectivity index (χ2v) is 15.1. The van der Waals surface area contributed by atoms with Crippen molar-refractivity contribution in [2.24, 2.45) is 5.92 Å². The largest absolute Gasteiger partial charge is 0.480 e. The number of nitrogens with one attached hydrogen (secondary N) is 1. The van der Waals surface area contributed by atoms with E-state index >= 15 is 0 Å². The predicted molar refractivity (Wildman–Crippen MR) is 192 cm³/mol. The molecule has 0 unspecified atom stereocenters. The molecule has 2 aliphatic heterocycles. The molecule has 0 bridgehead atoms. The number of sulfonamides is 1. The van der Waals surface area contributed by atoms with Crippen molar-refractivity contribution in [2.75, 3.05) is 26.3 Å². The number of nitrogens with zero attached hydrogens (tertiary/aromatic N) is 2. The smallest absolute Gasteiger partial charge is 0.329 e. The topological polar surface area (TPSA) is 163 Å². The molecule has 0 saturated carbocycles. The van der Waals surface area contributed by atoms with Crippen LogP contribution >= 0.6 is 0 Å². The maximum absolute atomic E-state index is 14.2. The number of carbonyl (C=O) groups is 3. The fourth-order valence-corrected chi connectivity index (χ4v) is 8.70. The zero-order valence-electron chi connectivity index (χ0n) is 29.0. The lowest BCUT2D eigenvalue weighted by Crippen LogP contribution is -2.58. The highest BCUT2D eigenvalue weighted by Crippen LogP contribution is 2.40. The van der Waals surface area contributed by atoms with E-state index in [1.807, 2.05) is 49.4 Å². The lowest BCUT2D eigenvalue weighted by atomic mass is 9.91. The van der Waals surface area contributed by atoms with Crippen LogP contribution in [-0.2, 0) is 40.3 Å². The zero-order valence-corrected chi connectivity index (χ0v) is 29.8. The number of carbonyl (C=O) groups excluding carboxylic acids is 2. The normalized spacial score (nSPS) is 21.4. The molecule has 0 radical (unpaired) electrons. The molecule has 2 heterocycles. The van der Waals surface area contributed by atoms with Crippen LogP contribution in [0.2, 0.25) is 0 Å². The molecule has 2 fully saturated rings. The van der Waals surface area contributed by atoms with E-state index < -0.39 is 58.3 Å². The van der Waals surface area contributed by atoms with Crippen LogP contribution in [0.3, 0.4) is 0 Å². The molecule has 6 atom stereocenters. The Balaban J connectivity index is 1.32. The molecular formula is C39H43N3O9S. The summed E-state index contributed by atoms with van der Waals surface area (Å²) in [7, 11) is -4.35. The Kier molecular flexibility index (Phi) is 11.4. The van der Waals surface area contributed by atoms with Crippen molar-refractivity contribution in [1.82, 2.24) is 14.5 Å². The summed E-state index contributed by atoms with van der Waals surface area (Å²) in [5.74, 6) is -3.69. The van der Waals surface area contributed by atoms with Gasteiger partial charge in [0.15, 0.2) is 12.3 Å². The summed E-state index contributed by atoms with van der Waals surface area (Å²) in [4.78, 5) is 42.1. The second-order valence-electron chi connectivity index (χ2n) is 13.3. The Labute approximate surface area is 303 Å². The Morgan fingerprint density at radius 3 is 2.25 bits per heavy atom. The van der Waals surface area contributed by atoms with Gasteiger partial charge in [0.05, 0.1) is 30.1 Å². The van der Waals surface area contributed by atoms with Crippen LogP contribution in [0.5, 0.6) is 0 Å². The van der Waals surface area contributed by atoms with Crippen molar-refractivity contribution >= 4 is 38.6 Å². The number of aryl methyl sites for hydroxylation is 1. The lowest BCUT2D eigenvalue weighted by molar-refractivity contribution is -0.152. The molecule has 0 aromatic heterocycles. The average Bonchev–Trinajstić information content (AvgIpc) is 3.51. The number of ether oxygens (including phenoxy) is 2. The van der Waals surface area contributed by atoms with E-state index in [0.717, 1.165) is 26.2 Å². The van der Waals surface area contributed by atoms with Crippen LogP contribution in [0.15, 0.2) is 102 Å². The molecule has 2 aliphatic rings. The quantitative estimate of drug-likeness (QED) is 0.198. The number of fused-ring (bicyclic) bond motifs is 1. The van der Waals surface area contributed by atoms with Gasteiger partial charge >= 0.3 is 5.97 Å². The molecule has 4 aromatic carbocycles. The van der Waals surface area contributed by atoms with Crippen molar-refractivity contribution in [2.45, 2.75) is 62.1 Å². The molecule has 2 amide bonds. The van der Waals surface area contributed by atoms with E-state index in [-0.39, 0.29) is 23.6 Å². The average molecular weight is 730 g/mol. The highest BCUT2D eigenvalue weighted by molar-refractivity contribution is 7.89. The van der Waals surface area contributed by atoms with E-state index in [2.05, 4.69) is 5.32 Å². The van der Waals surface area contributed by atoms with E-state index in [9.17, 15) is 33.0 Å². The summed E-state index contributed by atoms with van der Waals surface area (Å²) in [5, 5.41) is 26.6. The number of hydrogen-bond donors (Lipinski definition) is 3. The van der Waals surface area contributed by atoms with Crippen LogP contribution in [0.25, 0.3) is 10.8 Å². The first-order valence-electron chi connectivity index (χ1n) is 17.3. The number of carboxylic acids is 1. The molecule has 274 valence electrons. The van der Waals surface area contributed by atoms with Crippen molar-refractivity contribution < 1.29 is 42.5 Å². The summed E-state index contributed by atoms with van der Waals surface area (Å²) < 4.78 is 41.0. The summed E-state index contributed by atoms with van der Waals surface area (Å²) in [6.45, 7) is 4.90. The summed E-state index contributed by atoms with van der Waals surface area (Å²) >= 11 is 0. The number of aliphatic hydroxyl groups is 1. The number of aliphatic carboxylic acids is 1. The van der Waals surface area contributed by atoms with Gasteiger partial charge < -0.3 is 29.9 Å². The monoisotopic (exact) mass is 729 g/mol. The van der Waals surface area contributed by atoms with Gasteiger partial charge in [-0.15, -0.1) is 0 Å². The summed E-state index contributed by atoms with van der Waals surface area (Å²) in [6.07, 6.45) is -4.73. The third-order valence-corrected chi connectivity index (χ3v) is 11.8. The van der Waals surface area contributed by atoms with Crippen molar-refractivity contribution in [3.8, 4) is 0 Å². The molecule has 2 saturated heterocycles. The van der Waals surface area contributed by atoms with E-state index in [0.29, 0.717) is 31.9 Å². The Morgan fingerprint density at radius 2 is 1.56 bits per heavy atom. The Bertz CT molecular complexity index is 2000. The van der Waals surface area contributed by atoms with Gasteiger partial charge in [0.25, 0.3) is 0 Å². The van der Waals surface area contributed by atoms with Gasteiger partial charge in [-0.2, -0.15) is 4.31 Å². The second kappa shape index (κ2) is 15.9. The molecule has 4 aromatic rings. The van der Waals surface area contributed by atoms with Gasteiger partial charge in [-0.3, -0.25) is 9.59 Å². The van der Waals surface area contributed by atoms with Crippen LogP contribution in [0.4, 0.5) is 0 Å². The van der Waals surface area contributed by atoms with E-state index in [1.54, 1.807) is 54.3 Å². The maximum atomic E-state index is 14.2. The molecule has 3 N–H and O–H groups in total. The fraction of sp³-hybridized carbons (Fsp3) is 0.359. The minimum Gasteiger partial charge on any atom is -0.480 e. The van der Waals surface area contributed by atoms with Gasteiger partial charge in [0.2, 0.25) is 21.8 Å². The first kappa shape index (κ1) is 37.1. The SMILES string of the molecule is Cc1ccc(S(=O)(=O)N2[C@@H](C)[C@@H](c3ccccc3)O[C@H]2[C@@H](O)[C@@H](NC(=O)[C@@H](CC(=O)N2CCOCC2)Cc2cccc3ccccc23)C(=O)O)cc1. The van der Waals surface area contributed by atoms with E-state index in [1.165, 1.54) is 12.1 Å². The first-order chi connectivity index (χ1) is 25.0. The molecule has 13 heteroatoms. The number of amides is 2. The first-order valence-corrected chi connectivity index (χ1v) is 18.7. The Hall–Kier alpha value is -4.66. The van der Waals surface area contributed by atoms with Crippen molar-refractivity contribution in [3.05, 3.63) is 114 Å². The van der Waals surface area contributed by atoms with Crippen LogP contribution in [0.1, 0.15) is 36.1 Å². The van der Waals surface area contributed by atoms with Crippen LogP contribution < -0.4 is 5.32 Å². The van der Waals surface area contributed by atoms with Gasteiger partial charge in [-0.05, 0) is 54.3 Å². The highest BCUT2D eigenvalue weighted by atomic mass is 32.2.